The lowest BCUT2D eigenvalue weighted by molar-refractivity contribution is -0.137. The Morgan fingerprint density at radius 1 is 1.11 bits per heavy atom. The minimum Gasteiger partial charge on any atom is -0.330 e. The number of hydrogen-bond acceptors (Lipinski definition) is 2. The van der Waals surface area contributed by atoms with Gasteiger partial charge in [0, 0.05) is 6.54 Å². The Hall–Kier alpha value is -0.290. The summed E-state index contributed by atoms with van der Waals surface area (Å²) in [7, 11) is 1.75. The Labute approximate surface area is 109 Å². The molecule has 0 aromatic carbocycles. The molecule has 5 heteroatoms. The van der Waals surface area contributed by atoms with Gasteiger partial charge in [-0.05, 0) is 51.2 Å². The van der Waals surface area contributed by atoms with Crippen LogP contribution in [0.25, 0.3) is 0 Å². The third-order valence-electron chi connectivity index (χ3n) is 3.37. The first-order chi connectivity index (χ1) is 8.26. The molecule has 2 N–H and O–H groups in total. The molecule has 18 heavy (non-hydrogen) atoms. The molecule has 0 aliphatic carbocycles. The molecule has 0 rings (SSSR count). The Balaban J connectivity index is 3.74. The number of nitrogens with zero attached hydrogens (tertiary/aromatic N) is 1. The van der Waals surface area contributed by atoms with Crippen LogP contribution in [0.1, 0.15) is 39.5 Å². The van der Waals surface area contributed by atoms with E-state index in [4.69, 9.17) is 5.73 Å². The predicted molar refractivity (Wildman–Crippen MR) is 69.4 cm³/mol. The van der Waals surface area contributed by atoms with E-state index in [0.29, 0.717) is 18.4 Å². The molecule has 0 saturated heterocycles. The topological polar surface area (TPSA) is 29.3 Å². The van der Waals surface area contributed by atoms with Crippen molar-refractivity contribution in [3.05, 3.63) is 0 Å². The molecule has 0 radical (unpaired) electrons. The Morgan fingerprint density at radius 2 is 1.72 bits per heavy atom. The van der Waals surface area contributed by atoms with Crippen LogP contribution in [0.4, 0.5) is 13.2 Å². The van der Waals surface area contributed by atoms with Gasteiger partial charge in [-0.3, -0.25) is 0 Å². The highest BCUT2D eigenvalue weighted by molar-refractivity contribution is 4.65. The maximum atomic E-state index is 12.0. The van der Waals surface area contributed by atoms with Crippen molar-refractivity contribution in [2.45, 2.75) is 45.7 Å². The number of halogens is 3. The van der Waals surface area contributed by atoms with Crippen molar-refractivity contribution in [1.82, 2.24) is 4.90 Å². The van der Waals surface area contributed by atoms with Crippen LogP contribution in [0.2, 0.25) is 0 Å². The van der Waals surface area contributed by atoms with E-state index in [1.807, 2.05) is 0 Å². The molecule has 0 aromatic rings. The van der Waals surface area contributed by atoms with Crippen LogP contribution in [-0.2, 0) is 0 Å². The molecule has 0 aliphatic rings. The summed E-state index contributed by atoms with van der Waals surface area (Å²) in [6.07, 6.45) is -1.78. The maximum Gasteiger partial charge on any atom is 0.390 e. The Morgan fingerprint density at radius 3 is 2.17 bits per heavy atom. The summed E-state index contributed by atoms with van der Waals surface area (Å²) < 4.78 is 36.1. The highest BCUT2D eigenvalue weighted by atomic mass is 19.4. The molecule has 1 atom stereocenters. The number of alkyl halides is 3. The second-order valence-electron chi connectivity index (χ2n) is 5.39. The fourth-order valence-electron chi connectivity index (χ4n) is 2.08. The zero-order chi connectivity index (χ0) is 14.2. The monoisotopic (exact) mass is 268 g/mol. The molecule has 0 aliphatic heterocycles. The third kappa shape index (κ3) is 9.71. The molecule has 0 saturated carbocycles. The van der Waals surface area contributed by atoms with Crippen molar-refractivity contribution < 1.29 is 13.2 Å². The number of nitrogens with two attached hydrogens (primary N) is 1. The lowest BCUT2D eigenvalue weighted by Gasteiger charge is -2.22. The molecule has 0 fully saturated rings. The van der Waals surface area contributed by atoms with E-state index in [1.165, 1.54) is 0 Å². The van der Waals surface area contributed by atoms with Crippen molar-refractivity contribution in [2.24, 2.45) is 17.6 Å². The first kappa shape index (κ1) is 17.7. The highest BCUT2D eigenvalue weighted by Crippen LogP contribution is 2.21. The van der Waals surface area contributed by atoms with Crippen LogP contribution in [0, 0.1) is 11.8 Å². The molecule has 0 heterocycles. The van der Waals surface area contributed by atoms with Gasteiger partial charge in [-0.15, -0.1) is 0 Å². The van der Waals surface area contributed by atoms with Gasteiger partial charge in [-0.2, -0.15) is 13.2 Å². The van der Waals surface area contributed by atoms with E-state index >= 15 is 0 Å². The molecular formula is C13H27F3N2. The van der Waals surface area contributed by atoms with Crippen molar-refractivity contribution in [3.8, 4) is 0 Å². The largest absolute Gasteiger partial charge is 0.390 e. The van der Waals surface area contributed by atoms with Crippen molar-refractivity contribution >= 4 is 0 Å². The van der Waals surface area contributed by atoms with E-state index < -0.39 is 12.6 Å². The average molecular weight is 268 g/mol. The summed E-state index contributed by atoms with van der Waals surface area (Å²) in [5.74, 6) is 1.18. The van der Waals surface area contributed by atoms with Crippen LogP contribution in [0.15, 0.2) is 0 Å². The third-order valence-corrected chi connectivity index (χ3v) is 3.37. The number of rotatable bonds is 9. The fraction of sp³-hybridized carbons (Fsp3) is 1.00. The molecule has 110 valence electrons. The van der Waals surface area contributed by atoms with Gasteiger partial charge in [-0.25, -0.2) is 0 Å². The van der Waals surface area contributed by atoms with E-state index in [-0.39, 0.29) is 6.54 Å². The summed E-state index contributed by atoms with van der Waals surface area (Å²) in [4.78, 5) is 1.76. The van der Waals surface area contributed by atoms with E-state index in [9.17, 15) is 13.2 Å². The van der Waals surface area contributed by atoms with E-state index in [2.05, 4.69) is 13.8 Å². The second kappa shape index (κ2) is 8.75. The predicted octanol–water partition coefficient (Wildman–Crippen LogP) is 3.27. The molecule has 0 amide bonds. The molecule has 1 unspecified atom stereocenters. The minimum absolute atomic E-state index is 0.0900. The summed E-state index contributed by atoms with van der Waals surface area (Å²) in [6.45, 7) is 5.85. The highest BCUT2D eigenvalue weighted by Gasteiger charge is 2.26. The normalized spacial score (nSPS) is 14.5. The Kier molecular flexibility index (Phi) is 8.61. The van der Waals surface area contributed by atoms with Gasteiger partial charge in [-0.1, -0.05) is 13.8 Å². The smallest absolute Gasteiger partial charge is 0.330 e. The van der Waals surface area contributed by atoms with Gasteiger partial charge in [0.15, 0.2) is 0 Å². The zero-order valence-corrected chi connectivity index (χ0v) is 11.8. The molecule has 2 nitrogen and oxygen atoms in total. The van der Waals surface area contributed by atoms with Crippen molar-refractivity contribution in [3.63, 3.8) is 0 Å². The first-order valence-corrected chi connectivity index (χ1v) is 6.71. The van der Waals surface area contributed by atoms with Gasteiger partial charge >= 0.3 is 6.18 Å². The molecule has 0 spiro atoms. The van der Waals surface area contributed by atoms with Crippen molar-refractivity contribution in [2.75, 3.05) is 26.7 Å². The number of hydrogen-bond donors (Lipinski definition) is 1. The lowest BCUT2D eigenvalue weighted by Crippen LogP contribution is -2.26. The lowest BCUT2D eigenvalue weighted by atomic mass is 9.88. The van der Waals surface area contributed by atoms with Gasteiger partial charge in [0.05, 0.1) is 6.42 Å². The van der Waals surface area contributed by atoms with Crippen molar-refractivity contribution in [1.29, 1.82) is 0 Å². The fourth-order valence-corrected chi connectivity index (χ4v) is 2.08. The van der Waals surface area contributed by atoms with Gasteiger partial charge in [0.25, 0.3) is 0 Å². The van der Waals surface area contributed by atoms with Crippen LogP contribution in [0.5, 0.6) is 0 Å². The molecular weight excluding hydrogens is 241 g/mol. The SMILES string of the molecule is CC(C)C(CCN)CCCN(C)CCC(F)(F)F. The van der Waals surface area contributed by atoms with Crippen LogP contribution in [0.3, 0.4) is 0 Å². The second-order valence-corrected chi connectivity index (χ2v) is 5.39. The average Bonchev–Trinajstić information content (AvgIpc) is 2.24. The van der Waals surface area contributed by atoms with Crippen LogP contribution in [-0.4, -0.2) is 37.8 Å². The first-order valence-electron chi connectivity index (χ1n) is 6.71. The minimum atomic E-state index is -4.05. The van der Waals surface area contributed by atoms with Crippen LogP contribution >= 0.6 is 0 Å². The van der Waals surface area contributed by atoms with E-state index in [0.717, 1.165) is 25.8 Å². The van der Waals surface area contributed by atoms with Gasteiger partial charge < -0.3 is 10.6 Å². The summed E-state index contributed by atoms with van der Waals surface area (Å²) in [5, 5.41) is 0. The molecule has 0 aromatic heterocycles. The van der Waals surface area contributed by atoms with E-state index in [1.54, 1.807) is 11.9 Å². The summed E-state index contributed by atoms with van der Waals surface area (Å²) in [5.41, 5.74) is 5.56. The van der Waals surface area contributed by atoms with Gasteiger partial charge in [0.2, 0.25) is 0 Å². The van der Waals surface area contributed by atoms with Gasteiger partial charge in [0.1, 0.15) is 0 Å². The zero-order valence-electron chi connectivity index (χ0n) is 11.8. The van der Waals surface area contributed by atoms with Crippen LogP contribution < -0.4 is 5.73 Å². The standard InChI is InChI=1S/C13H27F3N2/c1-11(2)12(6-8-17)5-4-9-18(3)10-7-13(14,15)16/h11-12H,4-10,17H2,1-3H3. The summed E-state index contributed by atoms with van der Waals surface area (Å²) in [6, 6.07) is 0. The quantitative estimate of drug-likeness (QED) is 0.695. The molecule has 0 bridgehead atoms. The summed E-state index contributed by atoms with van der Waals surface area (Å²) >= 11 is 0. The Bertz CT molecular complexity index is 205. The maximum absolute atomic E-state index is 12.0.